The number of hydrogen-bond acceptors (Lipinski definition) is 3. The van der Waals surface area contributed by atoms with Gasteiger partial charge < -0.3 is 10.1 Å². The van der Waals surface area contributed by atoms with Crippen LogP contribution in [-0.4, -0.2) is 48.8 Å². The van der Waals surface area contributed by atoms with Crippen LogP contribution in [0, 0.1) is 0 Å². The van der Waals surface area contributed by atoms with Crippen molar-refractivity contribution in [2.45, 2.75) is 58.6 Å². The predicted octanol–water partition coefficient (Wildman–Crippen LogP) is 2.27. The monoisotopic (exact) mass is 242 g/mol. The minimum absolute atomic E-state index is 0.0285. The van der Waals surface area contributed by atoms with Gasteiger partial charge in [-0.05, 0) is 33.6 Å². The van der Waals surface area contributed by atoms with Crippen LogP contribution in [0.3, 0.4) is 0 Å². The van der Waals surface area contributed by atoms with Gasteiger partial charge in [0.2, 0.25) is 0 Å². The highest BCUT2D eigenvalue weighted by Crippen LogP contribution is 2.22. The Morgan fingerprint density at radius 1 is 1.24 bits per heavy atom. The van der Waals surface area contributed by atoms with E-state index in [1.54, 1.807) is 0 Å². The first-order chi connectivity index (χ1) is 7.97. The smallest absolute Gasteiger partial charge is 0.0752 e. The molecule has 1 N–H and O–H groups in total. The summed E-state index contributed by atoms with van der Waals surface area (Å²) < 4.78 is 5.81. The Bertz CT molecular complexity index is 224. The number of rotatable bonds is 6. The summed E-state index contributed by atoms with van der Waals surface area (Å²) in [5.74, 6) is 0. The molecule has 0 amide bonds. The summed E-state index contributed by atoms with van der Waals surface area (Å²) in [4.78, 5) is 2.55. The summed E-state index contributed by atoms with van der Waals surface area (Å²) in [6.45, 7) is 16.2. The second-order valence-electron chi connectivity index (χ2n) is 5.82. The third-order valence-electron chi connectivity index (χ3n) is 3.95. The second kappa shape index (κ2) is 6.17. The van der Waals surface area contributed by atoms with Crippen LogP contribution in [0.4, 0.5) is 0 Å². The number of nitrogens with one attached hydrogen (secondary N) is 1. The molecular weight excluding hydrogens is 212 g/mol. The molecule has 3 nitrogen and oxygen atoms in total. The third-order valence-corrected chi connectivity index (χ3v) is 3.95. The van der Waals surface area contributed by atoms with Gasteiger partial charge in [-0.1, -0.05) is 13.8 Å². The van der Waals surface area contributed by atoms with E-state index in [4.69, 9.17) is 4.74 Å². The fraction of sp³-hybridized carbons (Fsp3) is 1.00. The van der Waals surface area contributed by atoms with Crippen molar-refractivity contribution >= 4 is 0 Å². The van der Waals surface area contributed by atoms with Gasteiger partial charge >= 0.3 is 0 Å². The molecule has 1 aliphatic rings. The van der Waals surface area contributed by atoms with Crippen LogP contribution in [-0.2, 0) is 4.74 Å². The van der Waals surface area contributed by atoms with Gasteiger partial charge in [-0.25, -0.2) is 0 Å². The zero-order valence-corrected chi connectivity index (χ0v) is 12.3. The van der Waals surface area contributed by atoms with Crippen molar-refractivity contribution in [3.05, 3.63) is 0 Å². The lowest BCUT2D eigenvalue weighted by Crippen LogP contribution is -2.61. The Morgan fingerprint density at radius 2 is 1.88 bits per heavy atom. The van der Waals surface area contributed by atoms with Crippen molar-refractivity contribution in [3.63, 3.8) is 0 Å². The number of nitrogens with zero attached hydrogens (tertiary/aromatic N) is 1. The van der Waals surface area contributed by atoms with Gasteiger partial charge in [-0.3, -0.25) is 4.90 Å². The Morgan fingerprint density at radius 3 is 2.41 bits per heavy atom. The van der Waals surface area contributed by atoms with Crippen molar-refractivity contribution in [1.82, 2.24) is 10.2 Å². The fourth-order valence-electron chi connectivity index (χ4n) is 2.88. The van der Waals surface area contributed by atoms with Crippen molar-refractivity contribution in [2.75, 3.05) is 32.8 Å². The zero-order valence-electron chi connectivity index (χ0n) is 12.3. The average Bonchev–Trinajstić information content (AvgIpc) is 2.28. The number of piperazine rings is 1. The number of ether oxygens (including phenoxy) is 1. The molecule has 1 rings (SSSR count). The largest absolute Gasteiger partial charge is 0.375 e. The minimum Gasteiger partial charge on any atom is -0.375 e. The molecular formula is C14H30N2O. The lowest BCUT2D eigenvalue weighted by atomic mass is 9.89. The van der Waals surface area contributed by atoms with Crippen LogP contribution in [0.2, 0.25) is 0 Å². The fourth-order valence-corrected chi connectivity index (χ4v) is 2.88. The zero-order chi connectivity index (χ0) is 12.9. The van der Waals surface area contributed by atoms with Gasteiger partial charge in [0.15, 0.2) is 0 Å². The van der Waals surface area contributed by atoms with E-state index in [1.807, 2.05) is 0 Å². The van der Waals surface area contributed by atoms with Crippen LogP contribution >= 0.6 is 0 Å². The normalized spacial score (nSPS) is 21.7. The van der Waals surface area contributed by atoms with Crippen molar-refractivity contribution in [2.24, 2.45) is 0 Å². The van der Waals surface area contributed by atoms with Gasteiger partial charge in [0, 0.05) is 38.3 Å². The minimum atomic E-state index is -0.0285. The number of hydrogen-bond donors (Lipinski definition) is 1. The quantitative estimate of drug-likeness (QED) is 0.773. The molecule has 102 valence electrons. The maximum absolute atomic E-state index is 5.81. The molecule has 1 saturated heterocycles. The van der Waals surface area contributed by atoms with E-state index in [9.17, 15) is 0 Å². The first-order valence-electron chi connectivity index (χ1n) is 7.08. The summed E-state index contributed by atoms with van der Waals surface area (Å²) in [7, 11) is 0. The second-order valence-corrected chi connectivity index (χ2v) is 5.82. The molecule has 0 saturated carbocycles. The molecule has 1 heterocycles. The average molecular weight is 242 g/mol. The highest BCUT2D eigenvalue weighted by Gasteiger charge is 2.34. The highest BCUT2D eigenvalue weighted by atomic mass is 16.5. The van der Waals surface area contributed by atoms with Crippen molar-refractivity contribution in [1.29, 1.82) is 0 Å². The molecule has 0 aromatic heterocycles. The van der Waals surface area contributed by atoms with Crippen molar-refractivity contribution < 1.29 is 4.74 Å². The molecule has 0 aromatic rings. The van der Waals surface area contributed by atoms with Gasteiger partial charge in [0.1, 0.15) is 0 Å². The molecule has 0 spiro atoms. The predicted molar refractivity (Wildman–Crippen MR) is 73.5 cm³/mol. The summed E-state index contributed by atoms with van der Waals surface area (Å²) in [6, 6.07) is 0. The maximum atomic E-state index is 5.81. The van der Waals surface area contributed by atoms with Gasteiger partial charge in [-0.15, -0.1) is 0 Å². The molecule has 0 aliphatic carbocycles. The van der Waals surface area contributed by atoms with Crippen LogP contribution in [0.1, 0.15) is 47.5 Å². The molecule has 17 heavy (non-hydrogen) atoms. The van der Waals surface area contributed by atoms with Gasteiger partial charge in [0.05, 0.1) is 5.60 Å². The van der Waals surface area contributed by atoms with Crippen LogP contribution in [0.5, 0.6) is 0 Å². The summed E-state index contributed by atoms with van der Waals surface area (Å²) in [5.41, 5.74) is 0.292. The van der Waals surface area contributed by atoms with E-state index in [0.29, 0.717) is 5.54 Å². The first kappa shape index (κ1) is 14.9. The molecule has 3 heteroatoms. The molecule has 0 radical (unpaired) electrons. The van der Waals surface area contributed by atoms with Crippen LogP contribution < -0.4 is 5.32 Å². The lowest BCUT2D eigenvalue weighted by Gasteiger charge is -2.45. The van der Waals surface area contributed by atoms with Gasteiger partial charge in [-0.2, -0.15) is 0 Å². The van der Waals surface area contributed by atoms with Crippen LogP contribution in [0.15, 0.2) is 0 Å². The molecule has 0 unspecified atom stereocenters. The Balaban J connectivity index is 2.55. The summed E-state index contributed by atoms with van der Waals surface area (Å²) in [5, 5.41) is 3.70. The van der Waals surface area contributed by atoms with E-state index in [-0.39, 0.29) is 5.60 Å². The maximum Gasteiger partial charge on any atom is 0.0752 e. The topological polar surface area (TPSA) is 24.5 Å². The molecule has 0 atom stereocenters. The van der Waals surface area contributed by atoms with Crippen LogP contribution in [0.25, 0.3) is 0 Å². The Kier molecular flexibility index (Phi) is 5.42. The summed E-state index contributed by atoms with van der Waals surface area (Å²) >= 11 is 0. The molecule has 1 aliphatic heterocycles. The highest BCUT2D eigenvalue weighted by molar-refractivity contribution is 4.94. The molecule has 0 bridgehead atoms. The van der Waals surface area contributed by atoms with E-state index in [1.165, 1.54) is 12.8 Å². The van der Waals surface area contributed by atoms with E-state index < -0.39 is 0 Å². The molecule has 1 fully saturated rings. The molecule has 0 aromatic carbocycles. The van der Waals surface area contributed by atoms with Crippen molar-refractivity contribution in [3.8, 4) is 0 Å². The Hall–Kier alpha value is -0.120. The Labute approximate surface area is 107 Å². The van der Waals surface area contributed by atoms with E-state index >= 15 is 0 Å². The summed E-state index contributed by atoms with van der Waals surface area (Å²) in [6.07, 6.45) is 2.41. The lowest BCUT2D eigenvalue weighted by molar-refractivity contribution is -0.0440. The van der Waals surface area contributed by atoms with E-state index in [2.05, 4.69) is 44.8 Å². The third kappa shape index (κ3) is 4.23. The van der Waals surface area contributed by atoms with Gasteiger partial charge in [0.25, 0.3) is 0 Å². The first-order valence-corrected chi connectivity index (χ1v) is 7.08. The SMILES string of the molecule is CCOC(C)(C)CN1CCNC(CC)(CC)C1. The standard InChI is InChI=1S/C14H30N2O/c1-6-14(7-2)12-16(10-9-15-14)11-13(4,5)17-8-3/h15H,6-12H2,1-5H3. The van der Waals surface area contributed by atoms with E-state index in [0.717, 1.165) is 32.8 Å².